The predicted octanol–water partition coefficient (Wildman–Crippen LogP) is 3.07. The Morgan fingerprint density at radius 2 is 2.20 bits per heavy atom. The molecule has 0 aliphatic heterocycles. The Morgan fingerprint density at radius 1 is 1.33 bits per heavy atom. The normalized spacial score (nSPS) is 10.3. The van der Waals surface area contributed by atoms with Crippen LogP contribution in [0, 0.1) is 12.7 Å². The number of hydrogen-bond acceptors (Lipinski definition) is 1. The fourth-order valence-corrected chi connectivity index (χ4v) is 1.38. The largest absolute Gasteiger partial charge is 0.379 e. The van der Waals surface area contributed by atoms with Crippen molar-refractivity contribution in [1.82, 2.24) is 4.98 Å². The van der Waals surface area contributed by atoms with Gasteiger partial charge in [-0.1, -0.05) is 6.07 Å². The van der Waals surface area contributed by atoms with E-state index in [2.05, 4.69) is 10.3 Å². The molecule has 0 radical (unpaired) electrons. The number of benzene rings is 1. The van der Waals surface area contributed by atoms with Crippen LogP contribution < -0.4 is 5.32 Å². The van der Waals surface area contributed by atoms with Crippen molar-refractivity contribution in [2.45, 2.75) is 13.5 Å². The van der Waals surface area contributed by atoms with E-state index in [-0.39, 0.29) is 5.82 Å². The molecule has 1 heterocycles. The first-order valence-electron chi connectivity index (χ1n) is 4.88. The number of rotatable bonds is 3. The number of aromatic amines is 1. The van der Waals surface area contributed by atoms with Crippen molar-refractivity contribution in [2.24, 2.45) is 0 Å². The minimum Gasteiger partial charge on any atom is -0.379 e. The Bertz CT molecular complexity index is 435. The molecule has 0 aliphatic rings. The maximum Gasteiger partial charge on any atom is 0.128 e. The molecule has 0 unspecified atom stereocenters. The van der Waals surface area contributed by atoms with Crippen molar-refractivity contribution in [2.75, 3.05) is 5.32 Å². The quantitative estimate of drug-likeness (QED) is 0.790. The van der Waals surface area contributed by atoms with Gasteiger partial charge < -0.3 is 10.3 Å². The highest BCUT2D eigenvalue weighted by atomic mass is 19.1. The molecule has 2 aromatic rings. The number of H-pyrrole nitrogens is 1. The van der Waals surface area contributed by atoms with E-state index in [4.69, 9.17) is 0 Å². The van der Waals surface area contributed by atoms with Crippen LogP contribution in [0.5, 0.6) is 0 Å². The topological polar surface area (TPSA) is 27.8 Å². The summed E-state index contributed by atoms with van der Waals surface area (Å²) in [7, 11) is 0. The van der Waals surface area contributed by atoms with Crippen LogP contribution in [-0.2, 0) is 6.54 Å². The average molecular weight is 204 g/mol. The summed E-state index contributed by atoms with van der Waals surface area (Å²) >= 11 is 0. The van der Waals surface area contributed by atoms with Gasteiger partial charge in [0.25, 0.3) is 0 Å². The van der Waals surface area contributed by atoms with E-state index in [0.717, 1.165) is 11.4 Å². The number of aromatic nitrogens is 1. The third kappa shape index (κ3) is 2.37. The van der Waals surface area contributed by atoms with Crippen molar-refractivity contribution in [3.63, 3.8) is 0 Å². The molecule has 2 nitrogen and oxygen atoms in total. The Labute approximate surface area is 88.1 Å². The highest BCUT2D eigenvalue weighted by Crippen LogP contribution is 2.14. The number of nitrogens with one attached hydrogen (secondary N) is 2. The maximum absolute atomic E-state index is 13.2. The summed E-state index contributed by atoms with van der Waals surface area (Å²) < 4.78 is 13.2. The van der Waals surface area contributed by atoms with Crippen LogP contribution >= 0.6 is 0 Å². The van der Waals surface area contributed by atoms with Gasteiger partial charge in [0.1, 0.15) is 5.82 Å². The molecule has 0 saturated carbocycles. The number of halogens is 1. The molecule has 1 aromatic heterocycles. The highest BCUT2D eigenvalue weighted by molar-refractivity contribution is 5.45. The van der Waals surface area contributed by atoms with Gasteiger partial charge in [-0.2, -0.15) is 0 Å². The van der Waals surface area contributed by atoms with Crippen LogP contribution in [0.1, 0.15) is 11.3 Å². The summed E-state index contributed by atoms with van der Waals surface area (Å²) in [4.78, 5) is 3.08. The molecule has 0 amide bonds. The number of anilines is 1. The molecular formula is C12H13FN2. The summed E-state index contributed by atoms with van der Waals surface area (Å²) in [6, 6.07) is 9.08. The van der Waals surface area contributed by atoms with Gasteiger partial charge >= 0.3 is 0 Å². The van der Waals surface area contributed by atoms with Crippen molar-refractivity contribution in [3.8, 4) is 0 Å². The zero-order valence-electron chi connectivity index (χ0n) is 8.55. The van der Waals surface area contributed by atoms with E-state index in [0.29, 0.717) is 12.1 Å². The van der Waals surface area contributed by atoms with Crippen LogP contribution in [-0.4, -0.2) is 4.98 Å². The van der Waals surface area contributed by atoms with Gasteiger partial charge in [-0.3, -0.25) is 0 Å². The molecule has 2 rings (SSSR count). The van der Waals surface area contributed by atoms with Crippen molar-refractivity contribution in [1.29, 1.82) is 0 Å². The predicted molar refractivity (Wildman–Crippen MR) is 59.3 cm³/mol. The lowest BCUT2D eigenvalue weighted by Gasteiger charge is -2.06. The summed E-state index contributed by atoms with van der Waals surface area (Å²) in [5, 5.41) is 3.14. The van der Waals surface area contributed by atoms with Crippen molar-refractivity contribution >= 4 is 5.69 Å². The fourth-order valence-electron chi connectivity index (χ4n) is 1.38. The molecule has 0 spiro atoms. The molecule has 15 heavy (non-hydrogen) atoms. The summed E-state index contributed by atoms with van der Waals surface area (Å²) in [6.07, 6.45) is 1.87. The van der Waals surface area contributed by atoms with Crippen LogP contribution in [0.2, 0.25) is 0 Å². The van der Waals surface area contributed by atoms with Gasteiger partial charge in [-0.25, -0.2) is 4.39 Å². The van der Waals surface area contributed by atoms with E-state index in [1.54, 1.807) is 13.0 Å². The highest BCUT2D eigenvalue weighted by Gasteiger charge is 1.99. The van der Waals surface area contributed by atoms with Gasteiger partial charge in [0.2, 0.25) is 0 Å². The fraction of sp³-hybridized carbons (Fsp3) is 0.167. The molecule has 0 saturated heterocycles. The molecule has 0 bridgehead atoms. The first kappa shape index (κ1) is 9.77. The lowest BCUT2D eigenvalue weighted by Crippen LogP contribution is -2.00. The molecule has 1 aromatic carbocycles. The lowest BCUT2D eigenvalue weighted by atomic mass is 10.2. The number of hydrogen-bond donors (Lipinski definition) is 2. The Balaban J connectivity index is 2.02. The molecule has 3 heteroatoms. The van der Waals surface area contributed by atoms with Gasteiger partial charge in [-0.05, 0) is 36.8 Å². The second-order valence-corrected chi connectivity index (χ2v) is 3.51. The minimum atomic E-state index is -0.175. The molecular weight excluding hydrogens is 191 g/mol. The summed E-state index contributed by atoms with van der Waals surface area (Å²) in [5.74, 6) is -0.175. The minimum absolute atomic E-state index is 0.175. The molecule has 0 atom stereocenters. The molecule has 0 fully saturated rings. The summed E-state index contributed by atoms with van der Waals surface area (Å²) in [6.45, 7) is 2.43. The van der Waals surface area contributed by atoms with E-state index in [9.17, 15) is 4.39 Å². The summed E-state index contributed by atoms with van der Waals surface area (Å²) in [5.41, 5.74) is 2.55. The van der Waals surface area contributed by atoms with Crippen LogP contribution in [0.25, 0.3) is 0 Å². The van der Waals surface area contributed by atoms with Gasteiger partial charge in [0.05, 0.1) is 6.54 Å². The van der Waals surface area contributed by atoms with Gasteiger partial charge in [0.15, 0.2) is 0 Å². The molecule has 78 valence electrons. The second-order valence-electron chi connectivity index (χ2n) is 3.51. The van der Waals surface area contributed by atoms with E-state index >= 15 is 0 Å². The van der Waals surface area contributed by atoms with E-state index in [1.165, 1.54) is 6.07 Å². The zero-order chi connectivity index (χ0) is 10.7. The zero-order valence-corrected chi connectivity index (χ0v) is 8.55. The third-order valence-electron chi connectivity index (χ3n) is 2.32. The Hall–Kier alpha value is -1.77. The Morgan fingerprint density at radius 3 is 2.87 bits per heavy atom. The molecule has 2 N–H and O–H groups in total. The standard InChI is InChI=1S/C12H13FN2/c1-9-4-5-10(7-12(9)13)15-8-11-3-2-6-14-11/h2-7,14-15H,8H2,1H3. The van der Waals surface area contributed by atoms with Crippen molar-refractivity contribution in [3.05, 3.63) is 53.6 Å². The van der Waals surface area contributed by atoms with Gasteiger partial charge in [-0.15, -0.1) is 0 Å². The van der Waals surface area contributed by atoms with Crippen LogP contribution in [0.3, 0.4) is 0 Å². The Kier molecular flexibility index (Phi) is 2.72. The smallest absolute Gasteiger partial charge is 0.128 e. The first-order chi connectivity index (χ1) is 7.25. The van der Waals surface area contributed by atoms with Crippen LogP contribution in [0.15, 0.2) is 36.5 Å². The second kappa shape index (κ2) is 4.17. The van der Waals surface area contributed by atoms with Crippen molar-refractivity contribution < 1.29 is 4.39 Å². The first-order valence-corrected chi connectivity index (χ1v) is 4.88. The van der Waals surface area contributed by atoms with Crippen LogP contribution in [0.4, 0.5) is 10.1 Å². The molecule has 0 aliphatic carbocycles. The third-order valence-corrected chi connectivity index (χ3v) is 2.32. The SMILES string of the molecule is Cc1ccc(NCc2ccc[nH]2)cc1F. The number of aryl methyl sites for hydroxylation is 1. The van der Waals surface area contributed by atoms with E-state index in [1.807, 2.05) is 24.4 Å². The average Bonchev–Trinajstić information content (AvgIpc) is 2.73. The monoisotopic (exact) mass is 204 g/mol. The maximum atomic E-state index is 13.2. The van der Waals surface area contributed by atoms with E-state index < -0.39 is 0 Å². The lowest BCUT2D eigenvalue weighted by molar-refractivity contribution is 0.619. The van der Waals surface area contributed by atoms with Gasteiger partial charge in [0, 0.05) is 17.6 Å².